The molecule has 9 heteroatoms. The van der Waals surface area contributed by atoms with Crippen molar-refractivity contribution in [1.29, 1.82) is 0 Å². The van der Waals surface area contributed by atoms with Crippen molar-refractivity contribution < 1.29 is 19.2 Å². The number of nitro benzene ring substituents is 1. The lowest BCUT2D eigenvalue weighted by Gasteiger charge is -2.28. The van der Waals surface area contributed by atoms with Crippen LogP contribution in [0, 0.1) is 10.1 Å². The molecule has 30 heavy (non-hydrogen) atoms. The van der Waals surface area contributed by atoms with Gasteiger partial charge in [0.2, 0.25) is 0 Å². The summed E-state index contributed by atoms with van der Waals surface area (Å²) in [6.45, 7) is 2.35. The summed E-state index contributed by atoms with van der Waals surface area (Å²) in [7, 11) is 3.85. The Morgan fingerprint density at radius 3 is 2.47 bits per heavy atom. The summed E-state index contributed by atoms with van der Waals surface area (Å²) in [5.41, 5.74) is 1.39. The molecule has 0 aliphatic carbocycles. The first-order valence-electron chi connectivity index (χ1n) is 9.41. The largest absolute Gasteiger partial charge is 0.451 e. The monoisotopic (exact) mass is 429 g/mol. The molecule has 1 amide bonds. The van der Waals surface area contributed by atoms with Gasteiger partial charge in [-0.1, -0.05) is 24.3 Å². The number of nitrogens with zero attached hydrogens (tertiary/aromatic N) is 3. The van der Waals surface area contributed by atoms with E-state index >= 15 is 0 Å². The third-order valence-electron chi connectivity index (χ3n) is 4.69. The number of ether oxygens (including phenoxy) is 1. The van der Waals surface area contributed by atoms with Crippen molar-refractivity contribution in [2.45, 2.75) is 23.2 Å². The molecular weight excluding hydrogens is 406 g/mol. The summed E-state index contributed by atoms with van der Waals surface area (Å²) in [4.78, 5) is 40.4. The Bertz CT molecular complexity index is 948. The van der Waals surface area contributed by atoms with Crippen molar-refractivity contribution in [3.63, 3.8) is 0 Å². The maximum absolute atomic E-state index is 13.5. The number of para-hydroxylation sites is 1. The average Bonchev–Trinajstić information content (AvgIpc) is 2.81. The molecule has 2 aromatic carbocycles. The minimum absolute atomic E-state index is 0.0410. The van der Waals surface area contributed by atoms with E-state index in [0.29, 0.717) is 18.7 Å². The van der Waals surface area contributed by atoms with Crippen LogP contribution in [0.4, 0.5) is 11.4 Å². The molecule has 2 atom stereocenters. The lowest BCUT2D eigenvalue weighted by Crippen LogP contribution is -2.45. The van der Waals surface area contributed by atoms with Crippen LogP contribution in [0.5, 0.6) is 0 Å². The molecule has 0 bridgehead atoms. The highest BCUT2D eigenvalue weighted by Gasteiger charge is 2.40. The third-order valence-corrected chi connectivity index (χ3v) is 6.06. The van der Waals surface area contributed by atoms with E-state index in [4.69, 9.17) is 4.74 Å². The number of likely N-dealkylation sites (N-methyl/N-ethyl adjacent to an activating group) is 1. The summed E-state index contributed by atoms with van der Waals surface area (Å²) in [6.07, 6.45) is -1.05. The minimum Gasteiger partial charge on any atom is -0.451 e. The first-order chi connectivity index (χ1) is 14.3. The Hall–Kier alpha value is -2.91. The Morgan fingerprint density at radius 1 is 1.20 bits per heavy atom. The van der Waals surface area contributed by atoms with Gasteiger partial charge in [-0.25, -0.2) is 0 Å². The maximum atomic E-state index is 13.5. The van der Waals surface area contributed by atoms with E-state index in [2.05, 4.69) is 0 Å². The van der Waals surface area contributed by atoms with Crippen molar-refractivity contribution in [3.05, 3.63) is 64.2 Å². The number of nitro groups is 1. The van der Waals surface area contributed by atoms with Crippen LogP contribution in [0.3, 0.4) is 0 Å². The van der Waals surface area contributed by atoms with E-state index in [-0.39, 0.29) is 11.6 Å². The Labute approximate surface area is 178 Å². The maximum Gasteiger partial charge on any atom is 0.303 e. The molecule has 1 heterocycles. The Morgan fingerprint density at radius 2 is 1.87 bits per heavy atom. The van der Waals surface area contributed by atoms with E-state index in [9.17, 15) is 19.7 Å². The summed E-state index contributed by atoms with van der Waals surface area (Å²) in [6, 6.07) is 13.6. The van der Waals surface area contributed by atoms with Crippen molar-refractivity contribution in [3.8, 4) is 0 Å². The van der Waals surface area contributed by atoms with E-state index < -0.39 is 22.2 Å². The molecule has 3 rings (SSSR count). The summed E-state index contributed by atoms with van der Waals surface area (Å²) in [5, 5.41) is 10.5. The van der Waals surface area contributed by atoms with Gasteiger partial charge in [0.1, 0.15) is 0 Å². The SMILES string of the molecule is CC(=O)O[C@H]1C(=O)N(CCN(C)C)c2ccccc2S[C@H]1c1ccc([N+](=O)[O-])cc1. The molecule has 0 saturated heterocycles. The summed E-state index contributed by atoms with van der Waals surface area (Å²) in [5.74, 6) is -0.868. The molecule has 0 aromatic heterocycles. The van der Waals surface area contributed by atoms with Crippen LogP contribution in [0.2, 0.25) is 0 Å². The molecule has 1 aliphatic rings. The first kappa shape index (κ1) is 21.8. The highest BCUT2D eigenvalue weighted by atomic mass is 32.2. The zero-order valence-electron chi connectivity index (χ0n) is 17.0. The molecule has 0 unspecified atom stereocenters. The van der Waals surface area contributed by atoms with Gasteiger partial charge in [-0.2, -0.15) is 0 Å². The number of amides is 1. The van der Waals surface area contributed by atoms with E-state index in [0.717, 1.165) is 10.6 Å². The van der Waals surface area contributed by atoms with Gasteiger partial charge in [0.25, 0.3) is 11.6 Å². The van der Waals surface area contributed by atoms with Crippen LogP contribution in [0.25, 0.3) is 0 Å². The van der Waals surface area contributed by atoms with Crippen LogP contribution >= 0.6 is 11.8 Å². The smallest absolute Gasteiger partial charge is 0.303 e. The van der Waals surface area contributed by atoms with Crippen molar-refractivity contribution >= 4 is 35.0 Å². The van der Waals surface area contributed by atoms with Crippen LogP contribution in [-0.4, -0.2) is 55.0 Å². The van der Waals surface area contributed by atoms with Crippen molar-refractivity contribution in [1.82, 2.24) is 4.90 Å². The molecule has 2 aromatic rings. The number of carbonyl (C=O) groups excluding carboxylic acids is 2. The first-order valence-corrected chi connectivity index (χ1v) is 10.3. The molecule has 0 N–H and O–H groups in total. The number of hydrogen-bond acceptors (Lipinski definition) is 7. The van der Waals surface area contributed by atoms with Gasteiger partial charge >= 0.3 is 5.97 Å². The standard InChI is InChI=1S/C21H23N3O5S/c1-14(25)29-19-20(15-8-10-16(11-9-15)24(27)28)30-18-7-5-4-6-17(18)23(21(19)26)13-12-22(2)3/h4-11,19-20H,12-13H2,1-3H3/t19-,20+/m1/s1. The van der Waals surface area contributed by atoms with Gasteiger partial charge in [0.05, 0.1) is 15.9 Å². The zero-order valence-corrected chi connectivity index (χ0v) is 17.8. The molecular formula is C21H23N3O5S. The van der Waals surface area contributed by atoms with Crippen LogP contribution in [0.15, 0.2) is 53.4 Å². The van der Waals surface area contributed by atoms with Crippen LogP contribution in [0.1, 0.15) is 17.7 Å². The highest BCUT2D eigenvalue weighted by molar-refractivity contribution is 7.99. The molecule has 0 saturated carbocycles. The van der Waals surface area contributed by atoms with Gasteiger partial charge in [-0.15, -0.1) is 11.8 Å². The highest BCUT2D eigenvalue weighted by Crippen LogP contribution is 2.46. The van der Waals surface area contributed by atoms with Crippen molar-refractivity contribution in [2.75, 3.05) is 32.1 Å². The average molecular weight is 429 g/mol. The van der Waals surface area contributed by atoms with Crippen LogP contribution < -0.4 is 4.90 Å². The number of esters is 1. The number of benzene rings is 2. The fourth-order valence-corrected chi connectivity index (χ4v) is 4.55. The predicted octanol–water partition coefficient (Wildman–Crippen LogP) is 3.27. The van der Waals surface area contributed by atoms with E-state index in [1.54, 1.807) is 17.0 Å². The van der Waals surface area contributed by atoms with Gasteiger partial charge in [-0.3, -0.25) is 19.7 Å². The molecule has 0 radical (unpaired) electrons. The zero-order chi connectivity index (χ0) is 21.8. The third kappa shape index (κ3) is 4.80. The number of carbonyl (C=O) groups is 2. The normalized spacial score (nSPS) is 18.7. The molecule has 8 nitrogen and oxygen atoms in total. The topological polar surface area (TPSA) is 93.0 Å². The number of fused-ring (bicyclic) bond motifs is 1. The number of thioether (sulfide) groups is 1. The summed E-state index contributed by atoms with van der Waals surface area (Å²) >= 11 is 1.41. The molecule has 0 spiro atoms. The second kappa shape index (κ2) is 9.27. The van der Waals surface area contributed by atoms with Crippen LogP contribution in [-0.2, 0) is 14.3 Å². The van der Waals surface area contributed by atoms with Gasteiger partial charge in [0.15, 0.2) is 6.10 Å². The second-order valence-electron chi connectivity index (χ2n) is 7.18. The second-order valence-corrected chi connectivity index (χ2v) is 8.36. The van der Waals surface area contributed by atoms with E-state index in [1.165, 1.54) is 30.8 Å². The molecule has 0 fully saturated rings. The lowest BCUT2D eigenvalue weighted by molar-refractivity contribution is -0.384. The Kier molecular flexibility index (Phi) is 6.73. The number of hydrogen-bond donors (Lipinski definition) is 0. The fraction of sp³-hybridized carbons (Fsp3) is 0.333. The summed E-state index contributed by atoms with van der Waals surface area (Å²) < 4.78 is 5.50. The number of rotatable bonds is 6. The number of anilines is 1. The van der Waals surface area contributed by atoms with E-state index in [1.807, 2.05) is 43.3 Å². The predicted molar refractivity (Wildman–Crippen MR) is 115 cm³/mol. The number of non-ortho nitro benzene ring substituents is 1. The van der Waals surface area contributed by atoms with Crippen molar-refractivity contribution in [2.24, 2.45) is 0 Å². The van der Waals surface area contributed by atoms with Gasteiger partial charge in [-0.05, 0) is 31.8 Å². The quantitative estimate of drug-likeness (QED) is 0.395. The lowest BCUT2D eigenvalue weighted by atomic mass is 10.1. The minimum atomic E-state index is -1.05. The molecule has 158 valence electrons. The van der Waals surface area contributed by atoms with Gasteiger partial charge < -0.3 is 14.5 Å². The fourth-order valence-electron chi connectivity index (χ4n) is 3.23. The Balaban J connectivity index is 2.06. The van der Waals surface area contributed by atoms with Gasteiger partial charge in [0, 0.05) is 37.0 Å². The molecule has 1 aliphatic heterocycles.